The molecule has 1 atom stereocenters. The second-order valence-corrected chi connectivity index (χ2v) is 7.85. The standard InChI is InChI=1S/C22H20F3N5O5/c1-12(29-20(32)21(6-7-21)30-19(31)17-5-8-28-35-17)18-26-10-14(11-27-18)34-16-4-3-13(33-2)9-15(16)22(23,24)25/h3-5,8-12H,6-7H2,1-2H3,(H,29,32)(H,30,31). The van der Waals surface area contributed by atoms with Gasteiger partial charge in [0, 0.05) is 6.07 Å². The molecule has 2 amide bonds. The Balaban J connectivity index is 1.40. The molecular weight excluding hydrogens is 471 g/mol. The van der Waals surface area contributed by atoms with E-state index >= 15 is 0 Å². The van der Waals surface area contributed by atoms with Gasteiger partial charge in [0.25, 0.3) is 5.91 Å². The molecule has 3 aromatic rings. The van der Waals surface area contributed by atoms with Crippen LogP contribution >= 0.6 is 0 Å². The fourth-order valence-electron chi connectivity index (χ4n) is 3.22. The number of rotatable bonds is 8. The van der Waals surface area contributed by atoms with E-state index < -0.39 is 40.9 Å². The summed E-state index contributed by atoms with van der Waals surface area (Å²) in [6, 6.07) is 4.04. The average Bonchev–Trinajstić information content (AvgIpc) is 3.39. The first-order chi connectivity index (χ1) is 16.6. The minimum Gasteiger partial charge on any atom is -0.497 e. The number of carbonyl (C=O) groups excluding carboxylic acids is 2. The third kappa shape index (κ3) is 5.34. The van der Waals surface area contributed by atoms with Crippen LogP contribution in [0.4, 0.5) is 13.2 Å². The van der Waals surface area contributed by atoms with Crippen molar-refractivity contribution in [2.75, 3.05) is 7.11 Å². The molecule has 184 valence electrons. The quantitative estimate of drug-likeness (QED) is 0.491. The van der Waals surface area contributed by atoms with Gasteiger partial charge >= 0.3 is 6.18 Å². The Morgan fingerprint density at radius 3 is 2.43 bits per heavy atom. The third-order valence-corrected chi connectivity index (χ3v) is 5.30. The van der Waals surface area contributed by atoms with Gasteiger partial charge in [0.15, 0.2) is 5.75 Å². The molecule has 0 aliphatic heterocycles. The fraction of sp³-hybridized carbons (Fsp3) is 0.318. The molecule has 1 aliphatic carbocycles. The van der Waals surface area contributed by atoms with E-state index in [0.717, 1.165) is 12.1 Å². The summed E-state index contributed by atoms with van der Waals surface area (Å²) in [5.74, 6) is -1.22. The van der Waals surface area contributed by atoms with E-state index in [1.54, 1.807) is 6.92 Å². The smallest absolute Gasteiger partial charge is 0.420 e. The maximum Gasteiger partial charge on any atom is 0.420 e. The van der Waals surface area contributed by atoms with Gasteiger partial charge in [-0.05, 0) is 38.0 Å². The van der Waals surface area contributed by atoms with Crippen molar-refractivity contribution in [3.63, 3.8) is 0 Å². The Labute approximate surface area is 196 Å². The number of alkyl halides is 3. The van der Waals surface area contributed by atoms with Gasteiger partial charge in [-0.2, -0.15) is 13.2 Å². The van der Waals surface area contributed by atoms with Gasteiger partial charge in [-0.3, -0.25) is 9.59 Å². The lowest BCUT2D eigenvalue weighted by Gasteiger charge is -2.20. The zero-order chi connectivity index (χ0) is 25.2. The van der Waals surface area contributed by atoms with Crippen molar-refractivity contribution in [1.29, 1.82) is 0 Å². The highest BCUT2D eigenvalue weighted by molar-refractivity contribution is 5.99. The lowest BCUT2D eigenvalue weighted by atomic mass is 10.2. The van der Waals surface area contributed by atoms with Crippen molar-refractivity contribution in [2.24, 2.45) is 0 Å². The molecular formula is C22H20F3N5O5. The van der Waals surface area contributed by atoms with Gasteiger partial charge in [0.2, 0.25) is 11.7 Å². The number of nitrogens with zero attached hydrogens (tertiary/aromatic N) is 3. The number of nitrogens with one attached hydrogen (secondary N) is 2. The van der Waals surface area contributed by atoms with Crippen molar-refractivity contribution in [3.05, 3.63) is 60.0 Å². The summed E-state index contributed by atoms with van der Waals surface area (Å²) in [6.07, 6.45) is -0.0438. The van der Waals surface area contributed by atoms with Crippen LogP contribution in [0.1, 0.15) is 47.7 Å². The summed E-state index contributed by atoms with van der Waals surface area (Å²) < 4.78 is 55.1. The van der Waals surface area contributed by atoms with Crippen LogP contribution in [0.15, 0.2) is 47.4 Å². The number of amides is 2. The van der Waals surface area contributed by atoms with Gasteiger partial charge in [0.05, 0.1) is 31.7 Å². The Bertz CT molecular complexity index is 1210. The fourth-order valence-corrected chi connectivity index (χ4v) is 3.22. The van der Waals surface area contributed by atoms with Crippen LogP contribution in [0.5, 0.6) is 17.2 Å². The molecule has 1 saturated carbocycles. The maximum atomic E-state index is 13.4. The molecule has 0 saturated heterocycles. The van der Waals surface area contributed by atoms with Crippen molar-refractivity contribution in [1.82, 2.24) is 25.8 Å². The molecule has 1 fully saturated rings. The Hall–Kier alpha value is -4.16. The highest BCUT2D eigenvalue weighted by Crippen LogP contribution is 2.40. The second-order valence-electron chi connectivity index (χ2n) is 7.85. The number of carbonyl (C=O) groups is 2. The van der Waals surface area contributed by atoms with Gasteiger partial charge in [-0.15, -0.1) is 0 Å². The van der Waals surface area contributed by atoms with E-state index in [4.69, 9.17) is 14.0 Å². The number of hydrogen-bond acceptors (Lipinski definition) is 8. The first kappa shape index (κ1) is 24.0. The van der Waals surface area contributed by atoms with E-state index in [1.807, 2.05) is 0 Å². The van der Waals surface area contributed by atoms with E-state index in [2.05, 4.69) is 25.8 Å². The SMILES string of the molecule is COc1ccc(Oc2cnc(C(C)NC(=O)C3(NC(=O)c4ccno4)CC3)nc2)c(C(F)(F)F)c1. The second kappa shape index (κ2) is 9.24. The lowest BCUT2D eigenvalue weighted by Crippen LogP contribution is -2.49. The maximum absolute atomic E-state index is 13.4. The van der Waals surface area contributed by atoms with E-state index in [-0.39, 0.29) is 23.1 Å². The van der Waals surface area contributed by atoms with Crippen molar-refractivity contribution < 1.29 is 36.8 Å². The first-order valence-corrected chi connectivity index (χ1v) is 10.4. The predicted molar refractivity (Wildman–Crippen MR) is 113 cm³/mol. The molecule has 1 aliphatic rings. The van der Waals surface area contributed by atoms with E-state index in [9.17, 15) is 22.8 Å². The molecule has 4 rings (SSSR count). The summed E-state index contributed by atoms with van der Waals surface area (Å²) in [5.41, 5.74) is -2.08. The molecule has 35 heavy (non-hydrogen) atoms. The number of methoxy groups -OCH3 is 1. The summed E-state index contributed by atoms with van der Waals surface area (Å²) in [5, 5.41) is 8.83. The molecule has 2 heterocycles. The highest BCUT2D eigenvalue weighted by atomic mass is 19.4. The highest BCUT2D eigenvalue weighted by Gasteiger charge is 2.52. The summed E-state index contributed by atoms with van der Waals surface area (Å²) in [6.45, 7) is 1.63. The number of ether oxygens (including phenoxy) is 2. The largest absolute Gasteiger partial charge is 0.497 e. The number of aromatic nitrogens is 3. The monoisotopic (exact) mass is 491 g/mol. The van der Waals surface area contributed by atoms with Crippen molar-refractivity contribution in [3.8, 4) is 17.2 Å². The Kier molecular flexibility index (Phi) is 6.33. The molecule has 13 heteroatoms. The summed E-state index contributed by atoms with van der Waals surface area (Å²) >= 11 is 0. The molecule has 2 aromatic heterocycles. The Morgan fingerprint density at radius 1 is 1.14 bits per heavy atom. The van der Waals surface area contributed by atoms with Gasteiger partial charge in [-0.25, -0.2) is 9.97 Å². The molecule has 10 nitrogen and oxygen atoms in total. The minimum atomic E-state index is -4.66. The molecule has 2 N–H and O–H groups in total. The summed E-state index contributed by atoms with van der Waals surface area (Å²) in [7, 11) is 1.26. The normalized spacial score (nSPS) is 15.1. The molecule has 1 aromatic carbocycles. The van der Waals surface area contributed by atoms with Crippen LogP contribution in [-0.2, 0) is 11.0 Å². The third-order valence-electron chi connectivity index (χ3n) is 5.30. The lowest BCUT2D eigenvalue weighted by molar-refractivity contribution is -0.138. The van der Waals surface area contributed by atoms with Gasteiger partial charge in [-0.1, -0.05) is 5.16 Å². The van der Waals surface area contributed by atoms with Crippen LogP contribution in [0.25, 0.3) is 0 Å². The summed E-state index contributed by atoms with van der Waals surface area (Å²) in [4.78, 5) is 33.1. The van der Waals surface area contributed by atoms with Crippen LogP contribution in [0, 0.1) is 0 Å². The molecule has 1 unspecified atom stereocenters. The molecule has 0 spiro atoms. The van der Waals surface area contributed by atoms with Crippen molar-refractivity contribution in [2.45, 2.75) is 37.5 Å². The zero-order valence-corrected chi connectivity index (χ0v) is 18.5. The van der Waals surface area contributed by atoms with Crippen molar-refractivity contribution >= 4 is 11.8 Å². The van der Waals surface area contributed by atoms with E-state index in [0.29, 0.717) is 12.8 Å². The molecule has 0 bridgehead atoms. The first-order valence-electron chi connectivity index (χ1n) is 10.4. The van der Waals surface area contributed by atoms with E-state index in [1.165, 1.54) is 37.8 Å². The predicted octanol–water partition coefficient (Wildman–Crippen LogP) is 3.42. The zero-order valence-electron chi connectivity index (χ0n) is 18.5. The minimum absolute atomic E-state index is 0.0124. The number of halogens is 3. The van der Waals surface area contributed by atoms with Gasteiger partial charge in [0.1, 0.15) is 28.4 Å². The van der Waals surface area contributed by atoms with Crippen LogP contribution in [0.2, 0.25) is 0 Å². The average molecular weight is 491 g/mol. The number of benzene rings is 1. The van der Waals surface area contributed by atoms with Crippen LogP contribution in [0.3, 0.4) is 0 Å². The van der Waals surface area contributed by atoms with Crippen LogP contribution < -0.4 is 20.1 Å². The Morgan fingerprint density at radius 2 is 1.86 bits per heavy atom. The van der Waals surface area contributed by atoms with Crippen LogP contribution in [-0.4, -0.2) is 39.6 Å². The van der Waals surface area contributed by atoms with Gasteiger partial charge < -0.3 is 24.6 Å². The number of hydrogen-bond donors (Lipinski definition) is 2. The molecule has 0 radical (unpaired) electrons. The topological polar surface area (TPSA) is 128 Å².